The van der Waals surface area contributed by atoms with Gasteiger partial charge in [0, 0.05) is 29.4 Å². The average Bonchev–Trinajstić information content (AvgIpc) is 2.72. The number of halogens is 1. The Hall–Kier alpha value is -1.42. The van der Waals surface area contributed by atoms with Crippen molar-refractivity contribution in [1.82, 2.24) is 0 Å². The van der Waals surface area contributed by atoms with E-state index in [9.17, 15) is 9.90 Å². The standard InChI is InChI=1S/C13H15ClO4/c14-4-1-5-17-10-2-3-11-9(6-13(15)16)8-18-12(11)7-10/h2-3,7,9H,1,4-6,8H2,(H,15,16)/p-1. The first kappa shape index (κ1) is 13.0. The summed E-state index contributed by atoms with van der Waals surface area (Å²) >= 11 is 5.56. The highest BCUT2D eigenvalue weighted by molar-refractivity contribution is 6.17. The van der Waals surface area contributed by atoms with Crippen LogP contribution in [0.2, 0.25) is 0 Å². The number of carboxylic acids is 1. The van der Waals surface area contributed by atoms with Crippen molar-refractivity contribution in [2.45, 2.75) is 18.8 Å². The minimum absolute atomic E-state index is 0.0144. The largest absolute Gasteiger partial charge is 0.550 e. The molecule has 0 N–H and O–H groups in total. The van der Waals surface area contributed by atoms with E-state index in [1.165, 1.54) is 0 Å². The Morgan fingerprint density at radius 3 is 3.11 bits per heavy atom. The molecule has 1 heterocycles. The number of aliphatic carboxylic acids is 1. The molecule has 0 fully saturated rings. The summed E-state index contributed by atoms with van der Waals surface area (Å²) < 4.78 is 11.0. The summed E-state index contributed by atoms with van der Waals surface area (Å²) in [5.74, 6) is 0.799. The molecule has 1 aliphatic heterocycles. The van der Waals surface area contributed by atoms with Crippen LogP contribution >= 0.6 is 11.6 Å². The van der Waals surface area contributed by atoms with Crippen molar-refractivity contribution < 1.29 is 19.4 Å². The second-order valence-electron chi connectivity index (χ2n) is 4.17. The van der Waals surface area contributed by atoms with Gasteiger partial charge in [0.05, 0.1) is 13.2 Å². The number of ether oxygens (including phenoxy) is 2. The van der Waals surface area contributed by atoms with Crippen LogP contribution in [0, 0.1) is 0 Å². The molecular formula is C13H14ClO4-. The van der Waals surface area contributed by atoms with Crippen LogP contribution in [-0.4, -0.2) is 25.1 Å². The van der Waals surface area contributed by atoms with E-state index in [1.807, 2.05) is 12.1 Å². The highest BCUT2D eigenvalue weighted by atomic mass is 35.5. The van der Waals surface area contributed by atoms with Crippen LogP contribution < -0.4 is 14.6 Å². The van der Waals surface area contributed by atoms with Crippen molar-refractivity contribution in [3.63, 3.8) is 0 Å². The summed E-state index contributed by atoms with van der Waals surface area (Å²) in [7, 11) is 0. The Bertz CT molecular complexity index is 433. The summed E-state index contributed by atoms with van der Waals surface area (Å²) in [6, 6.07) is 5.47. The highest BCUT2D eigenvalue weighted by Gasteiger charge is 2.24. The number of carbonyl (C=O) groups is 1. The molecule has 0 aliphatic carbocycles. The van der Waals surface area contributed by atoms with Crippen molar-refractivity contribution >= 4 is 17.6 Å². The molecule has 1 aliphatic rings. The maximum Gasteiger partial charge on any atom is 0.126 e. The first-order valence-electron chi connectivity index (χ1n) is 5.86. The molecule has 0 amide bonds. The molecular weight excluding hydrogens is 256 g/mol. The predicted octanol–water partition coefficient (Wildman–Crippen LogP) is 1.31. The molecule has 1 atom stereocenters. The van der Waals surface area contributed by atoms with Gasteiger partial charge in [-0.2, -0.15) is 0 Å². The lowest BCUT2D eigenvalue weighted by Crippen LogP contribution is -2.24. The van der Waals surface area contributed by atoms with Gasteiger partial charge in [-0.25, -0.2) is 0 Å². The molecule has 0 spiro atoms. The van der Waals surface area contributed by atoms with Crippen molar-refractivity contribution in [2.75, 3.05) is 19.1 Å². The van der Waals surface area contributed by atoms with E-state index in [4.69, 9.17) is 21.1 Å². The van der Waals surface area contributed by atoms with Crippen LogP contribution in [0.4, 0.5) is 0 Å². The third-order valence-corrected chi connectivity index (χ3v) is 3.09. The molecule has 18 heavy (non-hydrogen) atoms. The summed E-state index contributed by atoms with van der Waals surface area (Å²) in [6.07, 6.45) is 0.770. The van der Waals surface area contributed by atoms with Gasteiger partial charge >= 0.3 is 0 Å². The number of alkyl halides is 1. The van der Waals surface area contributed by atoms with Gasteiger partial charge in [-0.05, 0) is 18.9 Å². The van der Waals surface area contributed by atoms with E-state index in [1.54, 1.807) is 6.07 Å². The van der Waals surface area contributed by atoms with Gasteiger partial charge in [-0.15, -0.1) is 11.6 Å². The highest BCUT2D eigenvalue weighted by Crippen LogP contribution is 2.38. The smallest absolute Gasteiger partial charge is 0.126 e. The van der Waals surface area contributed by atoms with E-state index in [2.05, 4.69) is 0 Å². The number of rotatable bonds is 6. The maximum absolute atomic E-state index is 10.6. The lowest BCUT2D eigenvalue weighted by molar-refractivity contribution is -0.306. The molecule has 0 saturated carbocycles. The molecule has 5 heteroatoms. The molecule has 2 rings (SSSR count). The second-order valence-corrected chi connectivity index (χ2v) is 4.55. The maximum atomic E-state index is 10.6. The SMILES string of the molecule is O=C([O-])CC1COc2cc(OCCCCl)ccc21. The first-order chi connectivity index (χ1) is 8.70. The minimum atomic E-state index is -1.06. The fraction of sp³-hybridized carbons (Fsp3) is 0.462. The van der Waals surface area contributed by atoms with Crippen LogP contribution in [0.3, 0.4) is 0 Å². The van der Waals surface area contributed by atoms with Gasteiger partial charge in [0.1, 0.15) is 11.5 Å². The molecule has 0 saturated heterocycles. The van der Waals surface area contributed by atoms with Gasteiger partial charge in [0.25, 0.3) is 0 Å². The summed E-state index contributed by atoms with van der Waals surface area (Å²) in [5.41, 5.74) is 0.906. The van der Waals surface area contributed by atoms with Crippen molar-refractivity contribution in [3.05, 3.63) is 23.8 Å². The van der Waals surface area contributed by atoms with Gasteiger partial charge in [-0.3, -0.25) is 0 Å². The minimum Gasteiger partial charge on any atom is -0.550 e. The van der Waals surface area contributed by atoms with E-state index >= 15 is 0 Å². The van der Waals surface area contributed by atoms with Gasteiger partial charge in [0.15, 0.2) is 0 Å². The molecule has 0 bridgehead atoms. The van der Waals surface area contributed by atoms with Crippen LogP contribution in [0.1, 0.15) is 24.3 Å². The van der Waals surface area contributed by atoms with E-state index in [-0.39, 0.29) is 12.3 Å². The first-order valence-corrected chi connectivity index (χ1v) is 6.39. The summed E-state index contributed by atoms with van der Waals surface area (Å²) in [6.45, 7) is 0.944. The zero-order valence-electron chi connectivity index (χ0n) is 9.86. The summed E-state index contributed by atoms with van der Waals surface area (Å²) in [5, 5.41) is 10.6. The third-order valence-electron chi connectivity index (χ3n) is 2.82. The third kappa shape index (κ3) is 3.07. The number of carbonyl (C=O) groups excluding carboxylic acids is 1. The molecule has 1 aromatic rings. The van der Waals surface area contributed by atoms with Crippen molar-refractivity contribution in [2.24, 2.45) is 0 Å². The van der Waals surface area contributed by atoms with Gasteiger partial charge in [0.2, 0.25) is 0 Å². The second kappa shape index (κ2) is 5.96. The normalized spacial score (nSPS) is 17.1. The number of carboxylic acid groups (broad SMARTS) is 1. The zero-order chi connectivity index (χ0) is 13.0. The zero-order valence-corrected chi connectivity index (χ0v) is 10.6. The lowest BCUT2D eigenvalue weighted by atomic mass is 9.98. The Labute approximate surface area is 110 Å². The van der Waals surface area contributed by atoms with Crippen molar-refractivity contribution in [1.29, 1.82) is 0 Å². The molecule has 4 nitrogen and oxygen atoms in total. The number of hydrogen-bond donors (Lipinski definition) is 0. The Balaban J connectivity index is 2.03. The Morgan fingerprint density at radius 1 is 1.56 bits per heavy atom. The van der Waals surface area contributed by atoms with Gasteiger partial charge in [-0.1, -0.05) is 6.07 Å². The number of benzene rings is 1. The average molecular weight is 270 g/mol. The fourth-order valence-electron chi connectivity index (χ4n) is 1.96. The van der Waals surface area contributed by atoms with E-state index < -0.39 is 5.97 Å². The van der Waals surface area contributed by atoms with Crippen LogP contribution in [-0.2, 0) is 4.79 Å². The Kier molecular flexibility index (Phi) is 4.31. The predicted molar refractivity (Wildman–Crippen MR) is 65.1 cm³/mol. The molecule has 0 aromatic heterocycles. The molecule has 98 valence electrons. The fourth-order valence-corrected chi connectivity index (χ4v) is 2.07. The van der Waals surface area contributed by atoms with Gasteiger partial charge < -0.3 is 19.4 Å². The summed E-state index contributed by atoms with van der Waals surface area (Å²) in [4.78, 5) is 10.6. The van der Waals surface area contributed by atoms with Crippen LogP contribution in [0.15, 0.2) is 18.2 Å². The van der Waals surface area contributed by atoms with Crippen LogP contribution in [0.5, 0.6) is 11.5 Å². The van der Waals surface area contributed by atoms with Crippen LogP contribution in [0.25, 0.3) is 0 Å². The van der Waals surface area contributed by atoms with Crippen molar-refractivity contribution in [3.8, 4) is 11.5 Å². The van der Waals surface area contributed by atoms with E-state index in [0.717, 1.165) is 12.0 Å². The molecule has 1 aromatic carbocycles. The monoisotopic (exact) mass is 269 g/mol. The molecule has 0 radical (unpaired) electrons. The Morgan fingerprint density at radius 2 is 2.39 bits per heavy atom. The number of fused-ring (bicyclic) bond motifs is 1. The quantitative estimate of drug-likeness (QED) is 0.577. The number of hydrogen-bond acceptors (Lipinski definition) is 4. The lowest BCUT2D eigenvalue weighted by Gasteiger charge is -2.10. The molecule has 1 unspecified atom stereocenters. The topological polar surface area (TPSA) is 58.6 Å². The van der Waals surface area contributed by atoms with E-state index in [0.29, 0.717) is 30.6 Å².